The maximum absolute atomic E-state index is 11.3. The largest absolute Gasteiger partial charge is 0.284 e. The quantitative estimate of drug-likeness (QED) is 0.682. The smallest absolute Gasteiger partial charge is 0.229 e. The van der Waals surface area contributed by atoms with Crippen LogP contribution in [0.3, 0.4) is 0 Å². The number of nitrogens with one attached hydrogen (secondary N) is 1. The molecule has 0 aliphatic heterocycles. The van der Waals surface area contributed by atoms with Gasteiger partial charge in [0.15, 0.2) is 0 Å². The zero-order valence-corrected chi connectivity index (χ0v) is 16.2. The number of nitrogens with zero attached hydrogens (tertiary/aromatic N) is 1. The monoisotopic (exact) mass is 392 g/mol. The van der Waals surface area contributed by atoms with E-state index in [0.717, 1.165) is 44.4 Å². The number of anilines is 1. The number of aromatic nitrogens is 1. The standard InChI is InChI=1S/C18H17ClN2O2S2/c1-12-18(14-6-8-16(9-7-14)21-25(2,22)23)20-17(24-12)11-13-4-3-5-15(19)10-13/h3-10,21H,11H2,1-2H3. The van der Waals surface area contributed by atoms with Crippen molar-refractivity contribution in [1.82, 2.24) is 4.98 Å². The maximum Gasteiger partial charge on any atom is 0.229 e. The van der Waals surface area contributed by atoms with E-state index >= 15 is 0 Å². The summed E-state index contributed by atoms with van der Waals surface area (Å²) in [5, 5.41) is 1.74. The molecule has 0 fully saturated rings. The zero-order valence-electron chi connectivity index (χ0n) is 13.8. The Bertz CT molecular complexity index is 996. The van der Waals surface area contributed by atoms with Crippen LogP contribution in [0, 0.1) is 6.92 Å². The second-order valence-electron chi connectivity index (χ2n) is 5.77. The zero-order chi connectivity index (χ0) is 18.0. The van der Waals surface area contributed by atoms with Crippen LogP contribution in [0.15, 0.2) is 48.5 Å². The summed E-state index contributed by atoms with van der Waals surface area (Å²) < 4.78 is 25.0. The molecule has 1 N–H and O–H groups in total. The number of halogens is 1. The molecule has 0 atom stereocenters. The summed E-state index contributed by atoms with van der Waals surface area (Å²) in [6.45, 7) is 2.04. The Morgan fingerprint density at radius 1 is 1.16 bits per heavy atom. The van der Waals surface area contributed by atoms with E-state index < -0.39 is 10.0 Å². The third-order valence-corrected chi connectivity index (χ3v) is 5.36. The number of aryl methyl sites for hydroxylation is 1. The van der Waals surface area contributed by atoms with Gasteiger partial charge in [0.1, 0.15) is 0 Å². The third-order valence-electron chi connectivity index (χ3n) is 3.55. The molecule has 0 spiro atoms. The van der Waals surface area contributed by atoms with Crippen LogP contribution in [0.5, 0.6) is 0 Å². The fourth-order valence-corrected chi connectivity index (χ4v) is 4.29. The molecule has 0 saturated heterocycles. The molecule has 4 nitrogen and oxygen atoms in total. The lowest BCUT2D eigenvalue weighted by Crippen LogP contribution is -2.09. The summed E-state index contributed by atoms with van der Waals surface area (Å²) in [4.78, 5) is 5.87. The van der Waals surface area contributed by atoms with Crippen LogP contribution in [0.1, 0.15) is 15.4 Å². The van der Waals surface area contributed by atoms with Crippen LogP contribution < -0.4 is 4.72 Å². The Hall–Kier alpha value is -1.89. The second-order valence-corrected chi connectivity index (χ2v) is 9.24. The number of thiazole rings is 1. The highest BCUT2D eigenvalue weighted by Crippen LogP contribution is 2.30. The van der Waals surface area contributed by atoms with Crippen LogP contribution in [0.25, 0.3) is 11.3 Å². The average Bonchev–Trinajstić information content (AvgIpc) is 2.87. The van der Waals surface area contributed by atoms with Gasteiger partial charge in [-0.2, -0.15) is 0 Å². The van der Waals surface area contributed by atoms with Gasteiger partial charge in [0.25, 0.3) is 0 Å². The Balaban J connectivity index is 1.82. The normalized spacial score (nSPS) is 11.5. The summed E-state index contributed by atoms with van der Waals surface area (Å²) in [5.41, 5.74) is 3.55. The first-order valence-corrected chi connectivity index (χ1v) is 10.7. The predicted molar refractivity (Wildman–Crippen MR) is 105 cm³/mol. The molecule has 2 aromatic carbocycles. The minimum Gasteiger partial charge on any atom is -0.284 e. The molecule has 0 unspecified atom stereocenters. The highest BCUT2D eigenvalue weighted by atomic mass is 35.5. The van der Waals surface area contributed by atoms with E-state index in [0.29, 0.717) is 5.69 Å². The SMILES string of the molecule is Cc1sc(Cc2cccc(Cl)c2)nc1-c1ccc(NS(C)(=O)=O)cc1. The third kappa shape index (κ3) is 4.81. The van der Waals surface area contributed by atoms with Gasteiger partial charge in [-0.25, -0.2) is 13.4 Å². The van der Waals surface area contributed by atoms with Gasteiger partial charge >= 0.3 is 0 Å². The number of rotatable bonds is 5. The van der Waals surface area contributed by atoms with Gasteiger partial charge in [0.05, 0.1) is 17.0 Å². The molecule has 0 aliphatic rings. The molecule has 3 rings (SSSR count). The van der Waals surface area contributed by atoms with Crippen molar-refractivity contribution in [3.63, 3.8) is 0 Å². The Morgan fingerprint density at radius 2 is 1.88 bits per heavy atom. The molecule has 0 bridgehead atoms. The molecule has 0 saturated carbocycles. The minimum atomic E-state index is -3.27. The molecule has 1 heterocycles. The lowest BCUT2D eigenvalue weighted by atomic mass is 10.1. The number of benzene rings is 2. The van der Waals surface area contributed by atoms with Crippen LogP contribution in [0.4, 0.5) is 5.69 Å². The number of hydrogen-bond donors (Lipinski definition) is 1. The predicted octanol–water partition coefficient (Wildman–Crippen LogP) is 4.73. The molecule has 0 radical (unpaired) electrons. The summed E-state index contributed by atoms with van der Waals surface area (Å²) in [6, 6.07) is 15.0. The topological polar surface area (TPSA) is 59.1 Å². The van der Waals surface area contributed by atoms with Crippen LogP contribution in [0.2, 0.25) is 5.02 Å². The first-order chi connectivity index (χ1) is 11.8. The van der Waals surface area contributed by atoms with Crippen molar-refractivity contribution >= 4 is 38.6 Å². The molecule has 1 aromatic heterocycles. The summed E-state index contributed by atoms with van der Waals surface area (Å²) in [5.74, 6) is 0. The average molecular weight is 393 g/mol. The van der Waals surface area contributed by atoms with Gasteiger partial charge in [-0.05, 0) is 36.8 Å². The van der Waals surface area contributed by atoms with E-state index in [4.69, 9.17) is 16.6 Å². The van der Waals surface area contributed by atoms with Crippen molar-refractivity contribution in [3.8, 4) is 11.3 Å². The number of sulfonamides is 1. The van der Waals surface area contributed by atoms with Crippen LogP contribution in [-0.4, -0.2) is 19.7 Å². The van der Waals surface area contributed by atoms with Crippen LogP contribution >= 0.6 is 22.9 Å². The van der Waals surface area contributed by atoms with Crippen molar-refractivity contribution < 1.29 is 8.42 Å². The van der Waals surface area contributed by atoms with Gasteiger partial charge in [-0.15, -0.1) is 11.3 Å². The molecule has 0 aliphatic carbocycles. The first kappa shape index (κ1) is 17.9. The van der Waals surface area contributed by atoms with E-state index in [-0.39, 0.29) is 0 Å². The van der Waals surface area contributed by atoms with E-state index in [1.807, 2.05) is 43.3 Å². The summed E-state index contributed by atoms with van der Waals surface area (Å²) in [7, 11) is -3.27. The Morgan fingerprint density at radius 3 is 2.52 bits per heavy atom. The Kier molecular flexibility index (Phi) is 5.13. The fraction of sp³-hybridized carbons (Fsp3) is 0.167. The lowest BCUT2D eigenvalue weighted by Gasteiger charge is -2.05. The molecular weight excluding hydrogens is 376 g/mol. The molecule has 0 amide bonds. The number of hydrogen-bond acceptors (Lipinski definition) is 4. The fourth-order valence-electron chi connectivity index (χ4n) is 2.53. The van der Waals surface area contributed by atoms with Crippen molar-refractivity contribution in [2.75, 3.05) is 11.0 Å². The first-order valence-electron chi connectivity index (χ1n) is 7.59. The molecule has 25 heavy (non-hydrogen) atoms. The molecule has 7 heteroatoms. The van der Waals surface area contributed by atoms with E-state index in [9.17, 15) is 8.42 Å². The summed E-state index contributed by atoms with van der Waals surface area (Å²) >= 11 is 7.70. The van der Waals surface area contributed by atoms with Gasteiger partial charge in [-0.3, -0.25) is 4.72 Å². The Labute approximate surface area is 156 Å². The van der Waals surface area contributed by atoms with E-state index in [1.54, 1.807) is 23.5 Å². The molecule has 3 aromatic rings. The van der Waals surface area contributed by atoms with E-state index in [2.05, 4.69) is 4.72 Å². The van der Waals surface area contributed by atoms with Crippen molar-refractivity contribution in [2.45, 2.75) is 13.3 Å². The van der Waals surface area contributed by atoms with Crippen molar-refractivity contribution in [1.29, 1.82) is 0 Å². The van der Waals surface area contributed by atoms with Crippen molar-refractivity contribution in [2.24, 2.45) is 0 Å². The van der Waals surface area contributed by atoms with Gasteiger partial charge in [0, 0.05) is 27.6 Å². The van der Waals surface area contributed by atoms with Crippen LogP contribution in [-0.2, 0) is 16.4 Å². The maximum atomic E-state index is 11.3. The molecular formula is C18H17ClN2O2S2. The van der Waals surface area contributed by atoms with Gasteiger partial charge in [0.2, 0.25) is 10.0 Å². The summed E-state index contributed by atoms with van der Waals surface area (Å²) in [6.07, 6.45) is 1.87. The van der Waals surface area contributed by atoms with Gasteiger partial charge in [-0.1, -0.05) is 35.9 Å². The highest BCUT2D eigenvalue weighted by molar-refractivity contribution is 7.92. The van der Waals surface area contributed by atoms with Gasteiger partial charge < -0.3 is 0 Å². The van der Waals surface area contributed by atoms with Crippen molar-refractivity contribution in [3.05, 3.63) is 69.0 Å². The molecule has 130 valence electrons. The minimum absolute atomic E-state index is 0.540. The highest BCUT2D eigenvalue weighted by Gasteiger charge is 2.11. The lowest BCUT2D eigenvalue weighted by molar-refractivity contribution is 0.607. The van der Waals surface area contributed by atoms with E-state index in [1.165, 1.54) is 0 Å². The second kappa shape index (κ2) is 7.15.